The lowest BCUT2D eigenvalue weighted by molar-refractivity contribution is 0.0912. The van der Waals surface area contributed by atoms with Crippen molar-refractivity contribution in [2.24, 2.45) is 0 Å². The zero-order chi connectivity index (χ0) is 16.8. The van der Waals surface area contributed by atoms with Crippen molar-refractivity contribution < 1.29 is 4.79 Å². The highest BCUT2D eigenvalue weighted by Gasteiger charge is 2.21. The summed E-state index contributed by atoms with van der Waals surface area (Å²) in [5.41, 5.74) is 8.37. The lowest BCUT2D eigenvalue weighted by Gasteiger charge is -2.32. The van der Waals surface area contributed by atoms with E-state index in [2.05, 4.69) is 40.5 Å². The summed E-state index contributed by atoms with van der Waals surface area (Å²) in [6.07, 6.45) is 3.07. The number of anilines is 1. The van der Waals surface area contributed by atoms with Crippen molar-refractivity contribution in [3.63, 3.8) is 0 Å². The molecule has 6 heteroatoms. The minimum atomic E-state index is -0.0594. The highest BCUT2D eigenvalue weighted by molar-refractivity contribution is 5.99. The molecule has 4 nitrogen and oxygen atoms in total. The van der Waals surface area contributed by atoms with Crippen molar-refractivity contribution in [2.45, 2.75) is 25.3 Å². The van der Waals surface area contributed by atoms with E-state index in [1.807, 2.05) is 12.1 Å². The van der Waals surface area contributed by atoms with Crippen LogP contribution in [0.3, 0.4) is 0 Å². The molecule has 26 heavy (non-hydrogen) atoms. The molecular weight excluding hydrogens is 369 g/mol. The smallest absolute Gasteiger partial charge is 0.253 e. The Hall–Kier alpha value is -1.75. The molecule has 1 aliphatic rings. The largest absolute Gasteiger partial charge is 0.398 e. The van der Waals surface area contributed by atoms with Crippen molar-refractivity contribution in [3.8, 4) is 0 Å². The minimum absolute atomic E-state index is 0. The number of nitrogens with one attached hydrogen (secondary N) is 1. The number of hydrogen-bond acceptors (Lipinski definition) is 3. The van der Waals surface area contributed by atoms with Gasteiger partial charge >= 0.3 is 0 Å². The number of nitrogen functional groups attached to an aromatic ring is 1. The Morgan fingerprint density at radius 1 is 1.00 bits per heavy atom. The first-order valence-corrected chi connectivity index (χ1v) is 8.64. The van der Waals surface area contributed by atoms with Gasteiger partial charge in [-0.05, 0) is 37.0 Å². The number of benzene rings is 2. The van der Waals surface area contributed by atoms with Crippen LogP contribution in [-0.4, -0.2) is 36.5 Å². The van der Waals surface area contributed by atoms with Crippen LogP contribution < -0.4 is 11.1 Å². The molecule has 0 aliphatic carbocycles. The predicted molar refractivity (Wildman–Crippen MR) is 112 cm³/mol. The molecule has 3 N–H and O–H groups in total. The standard InChI is InChI=1S/C20H25N3O.2ClH/c21-19-9-5-4-8-18(19)20(24)22-17-11-14-23(15-12-17)13-10-16-6-2-1-3-7-16;;/h1-9,17H,10-15,21H2,(H,22,24);2*1H. The molecule has 1 heterocycles. The van der Waals surface area contributed by atoms with Crippen LogP contribution in [0.25, 0.3) is 0 Å². The molecule has 0 saturated carbocycles. The molecule has 0 bridgehead atoms. The van der Waals surface area contributed by atoms with Gasteiger partial charge in [0.1, 0.15) is 0 Å². The molecule has 1 fully saturated rings. The number of rotatable bonds is 5. The van der Waals surface area contributed by atoms with Crippen LogP contribution in [0.5, 0.6) is 0 Å². The molecule has 3 rings (SSSR count). The average Bonchev–Trinajstić information content (AvgIpc) is 2.62. The van der Waals surface area contributed by atoms with Gasteiger partial charge in [-0.25, -0.2) is 0 Å². The Bertz CT molecular complexity index is 674. The summed E-state index contributed by atoms with van der Waals surface area (Å²) >= 11 is 0. The van der Waals surface area contributed by atoms with Crippen LogP contribution in [0.4, 0.5) is 5.69 Å². The Balaban J connectivity index is 0.00000169. The van der Waals surface area contributed by atoms with Crippen LogP contribution in [0, 0.1) is 0 Å². The number of nitrogens with zero attached hydrogens (tertiary/aromatic N) is 1. The topological polar surface area (TPSA) is 58.4 Å². The molecule has 0 radical (unpaired) electrons. The molecule has 0 atom stereocenters. The van der Waals surface area contributed by atoms with Crippen LogP contribution in [0.15, 0.2) is 54.6 Å². The fraction of sp³-hybridized carbons (Fsp3) is 0.350. The third kappa shape index (κ3) is 6.20. The number of amides is 1. The number of likely N-dealkylation sites (tertiary alicyclic amines) is 1. The summed E-state index contributed by atoms with van der Waals surface area (Å²) < 4.78 is 0. The summed E-state index contributed by atoms with van der Waals surface area (Å²) in [7, 11) is 0. The van der Waals surface area contributed by atoms with Gasteiger partial charge in [0.05, 0.1) is 5.56 Å². The molecule has 142 valence electrons. The predicted octanol–water partition coefficient (Wildman–Crippen LogP) is 3.55. The second kappa shape index (κ2) is 11.1. The maximum absolute atomic E-state index is 12.3. The highest BCUT2D eigenvalue weighted by atomic mass is 35.5. The summed E-state index contributed by atoms with van der Waals surface area (Å²) in [4.78, 5) is 14.8. The molecule has 2 aromatic carbocycles. The van der Waals surface area contributed by atoms with Crippen molar-refractivity contribution in [3.05, 3.63) is 65.7 Å². The van der Waals surface area contributed by atoms with Gasteiger partial charge < -0.3 is 16.0 Å². The summed E-state index contributed by atoms with van der Waals surface area (Å²) in [6.45, 7) is 3.14. The van der Waals surface area contributed by atoms with Gasteiger partial charge in [-0.2, -0.15) is 0 Å². The van der Waals surface area contributed by atoms with Crippen LogP contribution in [0.2, 0.25) is 0 Å². The van der Waals surface area contributed by atoms with E-state index < -0.39 is 0 Å². The number of hydrogen-bond donors (Lipinski definition) is 2. The summed E-state index contributed by atoms with van der Waals surface area (Å²) in [5, 5.41) is 3.12. The lowest BCUT2D eigenvalue weighted by Crippen LogP contribution is -2.45. The van der Waals surface area contributed by atoms with Crippen molar-refractivity contribution in [2.75, 3.05) is 25.4 Å². The van der Waals surface area contributed by atoms with E-state index in [1.54, 1.807) is 12.1 Å². The van der Waals surface area contributed by atoms with Gasteiger partial charge in [-0.15, -0.1) is 24.8 Å². The van der Waals surface area contributed by atoms with Crippen molar-refractivity contribution >= 4 is 36.4 Å². The van der Waals surface area contributed by atoms with E-state index in [0.29, 0.717) is 11.3 Å². The van der Waals surface area contributed by atoms with Gasteiger partial charge in [0.2, 0.25) is 0 Å². The van der Waals surface area contributed by atoms with Crippen LogP contribution in [-0.2, 0) is 6.42 Å². The van der Waals surface area contributed by atoms with E-state index in [4.69, 9.17) is 5.73 Å². The van der Waals surface area contributed by atoms with E-state index >= 15 is 0 Å². The molecule has 0 spiro atoms. The summed E-state index contributed by atoms with van der Waals surface area (Å²) in [5.74, 6) is -0.0594. The van der Waals surface area contributed by atoms with Crippen molar-refractivity contribution in [1.29, 1.82) is 0 Å². The van der Waals surface area contributed by atoms with E-state index in [0.717, 1.165) is 38.9 Å². The van der Waals surface area contributed by atoms with Crippen LogP contribution >= 0.6 is 24.8 Å². The maximum Gasteiger partial charge on any atom is 0.253 e. The third-order valence-corrected chi connectivity index (χ3v) is 4.69. The Morgan fingerprint density at radius 3 is 2.27 bits per heavy atom. The van der Waals surface area contributed by atoms with Gasteiger partial charge in [-0.3, -0.25) is 4.79 Å². The number of piperidine rings is 1. The number of halogens is 2. The molecular formula is C20H27Cl2N3O. The highest BCUT2D eigenvalue weighted by Crippen LogP contribution is 2.14. The summed E-state index contributed by atoms with van der Waals surface area (Å²) in [6, 6.07) is 18.1. The number of carbonyl (C=O) groups excluding carboxylic acids is 1. The molecule has 1 aliphatic heterocycles. The Labute approximate surface area is 168 Å². The normalized spacial score (nSPS) is 14.8. The molecule has 1 amide bonds. The minimum Gasteiger partial charge on any atom is -0.398 e. The first-order chi connectivity index (χ1) is 11.7. The number of carbonyl (C=O) groups is 1. The number of para-hydroxylation sites is 1. The van der Waals surface area contributed by atoms with Crippen molar-refractivity contribution in [1.82, 2.24) is 10.2 Å². The van der Waals surface area contributed by atoms with Gasteiger partial charge in [0.15, 0.2) is 0 Å². The SMILES string of the molecule is Cl.Cl.Nc1ccccc1C(=O)NC1CCN(CCc2ccccc2)CC1. The fourth-order valence-corrected chi connectivity index (χ4v) is 3.20. The lowest BCUT2D eigenvalue weighted by atomic mass is 10.0. The molecule has 2 aromatic rings. The monoisotopic (exact) mass is 395 g/mol. The Kier molecular flexibility index (Phi) is 9.49. The van der Waals surface area contributed by atoms with Gasteiger partial charge in [0.25, 0.3) is 5.91 Å². The second-order valence-corrected chi connectivity index (χ2v) is 6.41. The van der Waals surface area contributed by atoms with E-state index in [1.165, 1.54) is 5.56 Å². The Morgan fingerprint density at radius 2 is 1.62 bits per heavy atom. The zero-order valence-corrected chi connectivity index (χ0v) is 16.4. The first kappa shape index (κ1) is 22.3. The molecule has 0 aromatic heterocycles. The van der Waals surface area contributed by atoms with Gasteiger partial charge in [0, 0.05) is 31.4 Å². The first-order valence-electron chi connectivity index (χ1n) is 8.64. The maximum atomic E-state index is 12.3. The van der Waals surface area contributed by atoms with Crippen LogP contribution in [0.1, 0.15) is 28.8 Å². The molecule has 0 unspecified atom stereocenters. The number of nitrogens with two attached hydrogens (primary N) is 1. The molecule has 1 saturated heterocycles. The van der Waals surface area contributed by atoms with E-state index in [9.17, 15) is 4.79 Å². The zero-order valence-electron chi connectivity index (χ0n) is 14.8. The average molecular weight is 396 g/mol. The quantitative estimate of drug-likeness (QED) is 0.760. The third-order valence-electron chi connectivity index (χ3n) is 4.69. The van der Waals surface area contributed by atoms with Gasteiger partial charge in [-0.1, -0.05) is 42.5 Å². The van der Waals surface area contributed by atoms with E-state index in [-0.39, 0.29) is 36.8 Å². The second-order valence-electron chi connectivity index (χ2n) is 6.41. The fourth-order valence-electron chi connectivity index (χ4n) is 3.20.